The summed E-state index contributed by atoms with van der Waals surface area (Å²) in [5, 5.41) is 7.59. The molecule has 0 aliphatic heterocycles. The van der Waals surface area contributed by atoms with Crippen LogP contribution in [0.2, 0.25) is 25.7 Å². The van der Waals surface area contributed by atoms with Crippen molar-refractivity contribution in [2.45, 2.75) is 76.1 Å². The molecule has 1 heterocycles. The fraction of sp³-hybridized carbons (Fsp3) is 0.600. The van der Waals surface area contributed by atoms with E-state index in [1.807, 2.05) is 0 Å². The highest BCUT2D eigenvalue weighted by Crippen LogP contribution is 2.39. The van der Waals surface area contributed by atoms with Crippen LogP contribution < -0.4 is 5.32 Å². The lowest BCUT2D eigenvalue weighted by Gasteiger charge is -2.18. The van der Waals surface area contributed by atoms with E-state index >= 15 is 0 Å². The number of ether oxygens (including phenoxy) is 1. The van der Waals surface area contributed by atoms with Gasteiger partial charge in [0.05, 0.1) is 0 Å². The zero-order valence-corrected chi connectivity index (χ0v) is 19.3. The number of aromatic nitrogens is 3. The number of hydrogen-bond acceptors (Lipinski definition) is 5. The van der Waals surface area contributed by atoms with Gasteiger partial charge in [-0.2, -0.15) is 4.98 Å². The highest BCUT2D eigenvalue weighted by Gasteiger charge is 2.25. The van der Waals surface area contributed by atoms with Crippen LogP contribution in [-0.4, -0.2) is 38.2 Å². The summed E-state index contributed by atoms with van der Waals surface area (Å²) in [7, 11) is -1.18. The molecule has 0 radical (unpaired) electrons. The third-order valence-corrected chi connectivity index (χ3v) is 7.92. The van der Waals surface area contributed by atoms with E-state index in [0.29, 0.717) is 12.6 Å². The molecular weight excluding hydrogens is 404 g/mol. The van der Waals surface area contributed by atoms with Crippen molar-refractivity contribution < 1.29 is 13.5 Å². The minimum absolute atomic E-state index is 0.0921. The Morgan fingerprint density at radius 1 is 1.17 bits per heavy atom. The summed E-state index contributed by atoms with van der Waals surface area (Å²) >= 11 is -2.23. The van der Waals surface area contributed by atoms with Gasteiger partial charge in [0.25, 0.3) is 5.16 Å². The van der Waals surface area contributed by atoms with Crippen molar-refractivity contribution in [2.75, 3.05) is 11.9 Å². The van der Waals surface area contributed by atoms with E-state index in [9.17, 15) is 8.76 Å². The van der Waals surface area contributed by atoms with E-state index in [0.717, 1.165) is 37.4 Å². The van der Waals surface area contributed by atoms with E-state index in [-0.39, 0.29) is 11.9 Å². The predicted molar refractivity (Wildman–Crippen MR) is 117 cm³/mol. The average Bonchev–Trinajstić information content (AvgIpc) is 3.37. The zero-order chi connectivity index (χ0) is 20.6. The number of fused-ring (bicyclic) bond motifs is 2. The smallest absolute Gasteiger partial charge is 0.268 e. The third kappa shape index (κ3) is 4.63. The second-order valence-corrected chi connectivity index (χ2v) is 15.7. The van der Waals surface area contributed by atoms with Gasteiger partial charge in [-0.1, -0.05) is 25.7 Å². The lowest BCUT2D eigenvalue weighted by molar-refractivity contribution is 0.0792. The molecule has 4 rings (SSSR count). The molecule has 1 unspecified atom stereocenters. The molecule has 9 heteroatoms. The first-order valence-electron chi connectivity index (χ1n) is 10.4. The van der Waals surface area contributed by atoms with Crippen molar-refractivity contribution in [3.05, 3.63) is 28.3 Å². The van der Waals surface area contributed by atoms with Crippen LogP contribution in [0.5, 0.6) is 0 Å². The van der Waals surface area contributed by atoms with Crippen LogP contribution >= 0.6 is 0 Å². The minimum atomic E-state index is -2.23. The fourth-order valence-electron chi connectivity index (χ4n) is 4.19. The Labute approximate surface area is 175 Å². The van der Waals surface area contributed by atoms with E-state index in [1.165, 1.54) is 35.1 Å². The molecule has 0 spiro atoms. The first-order valence-corrected chi connectivity index (χ1v) is 15.2. The lowest BCUT2D eigenvalue weighted by Crippen LogP contribution is -2.22. The summed E-state index contributed by atoms with van der Waals surface area (Å²) in [5.41, 5.74) is 6.73. The molecule has 1 aromatic heterocycles. The van der Waals surface area contributed by atoms with Gasteiger partial charge in [-0.25, -0.2) is 8.89 Å². The Hall–Kier alpha value is -1.55. The number of aryl methyl sites for hydroxylation is 2. The summed E-state index contributed by atoms with van der Waals surface area (Å²) in [6, 6.07) is 3.44. The van der Waals surface area contributed by atoms with Gasteiger partial charge in [0, 0.05) is 20.4 Å². The van der Waals surface area contributed by atoms with Gasteiger partial charge in [-0.15, -0.1) is 5.10 Å². The molecule has 0 saturated carbocycles. The van der Waals surface area contributed by atoms with Crippen LogP contribution in [0.1, 0.15) is 35.1 Å². The molecule has 29 heavy (non-hydrogen) atoms. The summed E-state index contributed by atoms with van der Waals surface area (Å²) in [6.45, 7) is 7.80. The topological polar surface area (TPSA) is 89.3 Å². The second-order valence-electron chi connectivity index (χ2n) is 9.17. The molecule has 2 aliphatic rings. The molecule has 158 valence electrons. The normalized spacial score (nSPS) is 16.7. The van der Waals surface area contributed by atoms with Gasteiger partial charge in [0.1, 0.15) is 6.73 Å². The van der Waals surface area contributed by atoms with Crippen molar-refractivity contribution in [1.29, 1.82) is 0 Å². The maximum absolute atomic E-state index is 11.6. The molecule has 7 nitrogen and oxygen atoms in total. The molecule has 2 N–H and O–H groups in total. The van der Waals surface area contributed by atoms with E-state index in [4.69, 9.17) is 4.74 Å². The van der Waals surface area contributed by atoms with Crippen molar-refractivity contribution in [2.24, 2.45) is 0 Å². The molecule has 0 fully saturated rings. The first kappa shape index (κ1) is 20.7. The minimum Gasteiger partial charge on any atom is -0.359 e. The number of anilines is 2. The Morgan fingerprint density at radius 2 is 1.83 bits per heavy atom. The predicted octanol–water partition coefficient (Wildman–Crippen LogP) is 3.89. The molecule has 2 aliphatic carbocycles. The van der Waals surface area contributed by atoms with Gasteiger partial charge in [-0.3, -0.25) is 4.55 Å². The standard InChI is InChI=1S/C20H30N4O3SSi/c1-29(2,3)11-10-27-13-24-19(22-20(23-24)28(25)26)21-18-16-8-4-6-14(16)12-15-7-5-9-17(15)18/h12H,4-11,13H2,1-3H3,(H,25,26)(H,21,22,23). The van der Waals surface area contributed by atoms with Crippen molar-refractivity contribution in [3.8, 4) is 0 Å². The summed E-state index contributed by atoms with van der Waals surface area (Å²) < 4.78 is 28.5. The zero-order valence-electron chi connectivity index (χ0n) is 17.5. The van der Waals surface area contributed by atoms with Crippen LogP contribution in [0.15, 0.2) is 11.2 Å². The summed E-state index contributed by atoms with van der Waals surface area (Å²) in [6.07, 6.45) is 6.71. The maximum atomic E-state index is 11.6. The maximum Gasteiger partial charge on any atom is 0.268 e. The third-order valence-electron chi connectivity index (χ3n) is 5.73. The Kier molecular flexibility index (Phi) is 5.92. The summed E-state index contributed by atoms with van der Waals surface area (Å²) in [4.78, 5) is 4.30. The number of nitrogens with zero attached hydrogens (tertiary/aromatic N) is 3. The van der Waals surface area contributed by atoms with Crippen molar-refractivity contribution >= 4 is 30.8 Å². The van der Waals surface area contributed by atoms with E-state index in [1.54, 1.807) is 4.68 Å². The SMILES string of the molecule is C[Si](C)(C)CCOCn1nc(S(=O)O)nc1Nc1c2c(cc3c1CCC3)CCC2. The van der Waals surface area contributed by atoms with Gasteiger partial charge in [0.15, 0.2) is 0 Å². The van der Waals surface area contributed by atoms with Crippen LogP contribution in [0.25, 0.3) is 0 Å². The number of hydrogen-bond donors (Lipinski definition) is 2. The first-order chi connectivity index (χ1) is 13.8. The largest absolute Gasteiger partial charge is 0.359 e. The van der Waals surface area contributed by atoms with Crippen LogP contribution in [0, 0.1) is 0 Å². The van der Waals surface area contributed by atoms with E-state index < -0.39 is 19.2 Å². The van der Waals surface area contributed by atoms with Gasteiger partial charge >= 0.3 is 0 Å². The Bertz CT molecular complexity index is 907. The monoisotopic (exact) mass is 434 g/mol. The molecule has 1 aromatic carbocycles. The van der Waals surface area contributed by atoms with Gasteiger partial charge < -0.3 is 10.1 Å². The molecule has 0 saturated heterocycles. The van der Waals surface area contributed by atoms with Crippen LogP contribution in [0.3, 0.4) is 0 Å². The fourth-order valence-corrected chi connectivity index (χ4v) is 5.28. The van der Waals surface area contributed by atoms with E-state index in [2.05, 4.69) is 41.1 Å². The molecule has 2 aromatic rings. The Balaban J connectivity index is 1.60. The lowest BCUT2D eigenvalue weighted by atomic mass is 9.99. The quantitative estimate of drug-likeness (QED) is 0.372. The average molecular weight is 435 g/mol. The van der Waals surface area contributed by atoms with Crippen LogP contribution in [-0.2, 0) is 48.2 Å². The molecular formula is C20H30N4O3SSi. The molecule has 1 atom stereocenters. The van der Waals surface area contributed by atoms with Crippen molar-refractivity contribution in [1.82, 2.24) is 14.8 Å². The number of nitrogens with one attached hydrogen (secondary N) is 1. The molecule has 0 amide bonds. The molecule has 0 bridgehead atoms. The van der Waals surface area contributed by atoms with Crippen molar-refractivity contribution in [3.63, 3.8) is 0 Å². The highest BCUT2D eigenvalue weighted by atomic mass is 32.2. The van der Waals surface area contributed by atoms with Gasteiger partial charge in [-0.05, 0) is 66.8 Å². The van der Waals surface area contributed by atoms with Gasteiger partial charge in [0.2, 0.25) is 17.0 Å². The Morgan fingerprint density at radius 3 is 2.41 bits per heavy atom. The van der Waals surface area contributed by atoms with Crippen LogP contribution in [0.4, 0.5) is 11.6 Å². The number of rotatable bonds is 8. The summed E-state index contributed by atoms with van der Waals surface area (Å²) in [5.74, 6) is 0.477. The second kappa shape index (κ2) is 8.29. The highest BCUT2D eigenvalue weighted by molar-refractivity contribution is 7.79. The number of benzene rings is 1.